The van der Waals surface area contributed by atoms with Crippen LogP contribution in [0.5, 0.6) is 0 Å². The highest BCUT2D eigenvalue weighted by atomic mass is 35.5. The van der Waals surface area contributed by atoms with E-state index in [0.29, 0.717) is 22.6 Å². The molecule has 1 aliphatic heterocycles. The number of hydrogen-bond donors (Lipinski definition) is 0. The number of aldehydes is 1. The normalized spacial score (nSPS) is 14.4. The van der Waals surface area contributed by atoms with E-state index < -0.39 is 11.6 Å². The van der Waals surface area contributed by atoms with Crippen LogP contribution in [0.25, 0.3) is 0 Å². The fraction of sp³-hybridized carbons (Fsp3) is 0.500. The van der Waals surface area contributed by atoms with Gasteiger partial charge in [-0.1, -0.05) is 57.3 Å². The Balaban J connectivity index is 0.000000434. The van der Waals surface area contributed by atoms with Gasteiger partial charge in [-0.25, -0.2) is 8.78 Å². The summed E-state index contributed by atoms with van der Waals surface area (Å²) in [6.45, 7) is 10.8. The van der Waals surface area contributed by atoms with E-state index in [0.717, 1.165) is 36.7 Å². The van der Waals surface area contributed by atoms with E-state index in [4.69, 9.17) is 16.9 Å². The zero-order chi connectivity index (χ0) is 25.9. The molecule has 3 rings (SSSR count). The number of nitrogens with zero attached hydrogens (tertiary/aromatic N) is 2. The quantitative estimate of drug-likeness (QED) is 0.316. The number of carbonyl (C=O) groups is 1. The maximum atomic E-state index is 12.6. The second-order valence-electron chi connectivity index (χ2n) is 8.50. The van der Waals surface area contributed by atoms with Gasteiger partial charge in [0.25, 0.3) is 0 Å². The highest BCUT2D eigenvalue weighted by molar-refractivity contribution is 6.31. The standard InChI is InChI=1S/C8H6ClN.C8H8F2.C6H13N.C6H12O/c1-6-2-3-7(5-10)8(9)4-6;1-2-6-3-4-7(9)5-8(6)10;1-6-3-4-7(2)5-6;1-2-3-4-5-6-7/h2-4H,1H3;3-5H,2H2,1H3;6H,3-5H2,1-2H3;6H,2-5H2,1H3. The Morgan fingerprint density at radius 1 is 1.18 bits per heavy atom. The maximum absolute atomic E-state index is 12.6. The predicted octanol–water partition coefficient (Wildman–Crippen LogP) is 7.77. The Hall–Kier alpha value is -2.29. The van der Waals surface area contributed by atoms with E-state index in [1.54, 1.807) is 12.1 Å². The van der Waals surface area contributed by atoms with E-state index in [1.165, 1.54) is 44.5 Å². The van der Waals surface area contributed by atoms with Crippen molar-refractivity contribution in [2.75, 3.05) is 20.1 Å². The van der Waals surface area contributed by atoms with Crippen molar-refractivity contribution in [1.29, 1.82) is 5.26 Å². The van der Waals surface area contributed by atoms with Crippen molar-refractivity contribution in [3.63, 3.8) is 0 Å². The molecular weight excluding hydrogens is 454 g/mol. The summed E-state index contributed by atoms with van der Waals surface area (Å²) in [6.07, 6.45) is 7.19. The van der Waals surface area contributed by atoms with Gasteiger partial charge >= 0.3 is 0 Å². The van der Waals surface area contributed by atoms with Crippen LogP contribution in [0, 0.1) is 35.8 Å². The first kappa shape index (κ1) is 31.7. The van der Waals surface area contributed by atoms with Crippen LogP contribution in [0.4, 0.5) is 8.78 Å². The molecule has 188 valence electrons. The van der Waals surface area contributed by atoms with Crippen molar-refractivity contribution < 1.29 is 13.6 Å². The Kier molecular flexibility index (Phi) is 17.8. The number of unbranched alkanes of at least 4 members (excludes halogenated alkanes) is 3. The zero-order valence-electron chi connectivity index (χ0n) is 21.2. The number of rotatable bonds is 5. The van der Waals surface area contributed by atoms with Gasteiger partial charge in [0.2, 0.25) is 0 Å². The van der Waals surface area contributed by atoms with Gasteiger partial charge in [-0.3, -0.25) is 0 Å². The third-order valence-corrected chi connectivity index (χ3v) is 5.51. The molecule has 34 heavy (non-hydrogen) atoms. The second kappa shape index (κ2) is 19.1. The molecule has 1 aliphatic rings. The van der Waals surface area contributed by atoms with Gasteiger partial charge in [0.05, 0.1) is 10.6 Å². The molecule has 0 saturated carbocycles. The third kappa shape index (κ3) is 14.8. The zero-order valence-corrected chi connectivity index (χ0v) is 22.0. The molecule has 0 N–H and O–H groups in total. The summed E-state index contributed by atoms with van der Waals surface area (Å²) in [5, 5.41) is 9.00. The predicted molar refractivity (Wildman–Crippen MR) is 138 cm³/mol. The lowest BCUT2D eigenvalue weighted by Gasteiger charge is -2.03. The number of nitriles is 1. The molecular formula is C28H39ClF2N2O. The number of halogens is 3. The van der Waals surface area contributed by atoms with Crippen molar-refractivity contribution in [2.24, 2.45) is 5.92 Å². The largest absolute Gasteiger partial charge is 0.306 e. The average molecular weight is 493 g/mol. The SMILES string of the molecule is CC1CCN(C)C1.CCCCCC=O.CCc1ccc(F)cc1F.Cc1ccc(C#N)c(Cl)c1. The third-order valence-electron chi connectivity index (χ3n) is 5.19. The smallest absolute Gasteiger partial charge is 0.129 e. The first-order valence-electron chi connectivity index (χ1n) is 11.9. The topological polar surface area (TPSA) is 44.1 Å². The Bertz CT molecular complexity index is 875. The fourth-order valence-electron chi connectivity index (χ4n) is 3.15. The highest BCUT2D eigenvalue weighted by Crippen LogP contribution is 2.15. The summed E-state index contributed by atoms with van der Waals surface area (Å²) in [5.41, 5.74) is 2.16. The van der Waals surface area contributed by atoms with Gasteiger partial charge in [-0.05, 0) is 75.0 Å². The highest BCUT2D eigenvalue weighted by Gasteiger charge is 2.13. The summed E-state index contributed by atoms with van der Waals surface area (Å²) in [5.74, 6) is -0.0257. The van der Waals surface area contributed by atoms with E-state index in [-0.39, 0.29) is 0 Å². The molecule has 2 aromatic rings. The van der Waals surface area contributed by atoms with Gasteiger partial charge in [-0.2, -0.15) is 5.26 Å². The van der Waals surface area contributed by atoms with E-state index in [1.807, 2.05) is 26.0 Å². The Labute approximate surface area is 209 Å². The lowest BCUT2D eigenvalue weighted by molar-refractivity contribution is -0.107. The number of carbonyl (C=O) groups excluding carboxylic acids is 1. The summed E-state index contributed by atoms with van der Waals surface area (Å²) in [6, 6.07) is 11.0. The Morgan fingerprint density at radius 3 is 2.29 bits per heavy atom. The number of benzene rings is 2. The van der Waals surface area contributed by atoms with Crippen molar-refractivity contribution in [1.82, 2.24) is 4.90 Å². The van der Waals surface area contributed by atoms with Crippen LogP contribution < -0.4 is 0 Å². The van der Waals surface area contributed by atoms with E-state index in [9.17, 15) is 13.6 Å². The van der Waals surface area contributed by atoms with Crippen LogP contribution in [0.1, 0.15) is 69.6 Å². The fourth-order valence-corrected chi connectivity index (χ4v) is 3.43. The molecule has 0 aliphatic carbocycles. The van der Waals surface area contributed by atoms with Crippen molar-refractivity contribution in [3.8, 4) is 6.07 Å². The molecule has 0 aromatic heterocycles. The molecule has 0 spiro atoms. The number of aryl methyl sites for hydroxylation is 2. The van der Waals surface area contributed by atoms with Gasteiger partial charge in [0.1, 0.15) is 24.0 Å². The van der Waals surface area contributed by atoms with Crippen molar-refractivity contribution in [3.05, 3.63) is 69.7 Å². The second-order valence-corrected chi connectivity index (χ2v) is 8.91. The van der Waals surface area contributed by atoms with Gasteiger partial charge in [-0.15, -0.1) is 0 Å². The molecule has 6 heteroatoms. The van der Waals surface area contributed by atoms with Crippen LogP contribution in [0.3, 0.4) is 0 Å². The first-order chi connectivity index (χ1) is 16.2. The first-order valence-corrected chi connectivity index (χ1v) is 12.3. The lowest BCUT2D eigenvalue weighted by atomic mass is 10.1. The molecule has 0 radical (unpaired) electrons. The average Bonchev–Trinajstić information content (AvgIpc) is 3.18. The van der Waals surface area contributed by atoms with Crippen LogP contribution in [-0.4, -0.2) is 31.3 Å². The van der Waals surface area contributed by atoms with E-state index >= 15 is 0 Å². The molecule has 1 unspecified atom stereocenters. The molecule has 1 heterocycles. The van der Waals surface area contributed by atoms with Crippen LogP contribution in [-0.2, 0) is 11.2 Å². The summed E-state index contributed by atoms with van der Waals surface area (Å²) >= 11 is 5.71. The summed E-state index contributed by atoms with van der Waals surface area (Å²) in [7, 11) is 2.18. The molecule has 0 amide bonds. The van der Waals surface area contributed by atoms with E-state index in [2.05, 4.69) is 25.8 Å². The van der Waals surface area contributed by atoms with Crippen LogP contribution in [0.2, 0.25) is 5.02 Å². The monoisotopic (exact) mass is 492 g/mol. The van der Waals surface area contributed by atoms with Crippen LogP contribution >= 0.6 is 11.6 Å². The minimum absolute atomic E-state index is 0.456. The molecule has 2 aromatic carbocycles. The minimum Gasteiger partial charge on any atom is -0.306 e. The maximum Gasteiger partial charge on any atom is 0.129 e. The molecule has 3 nitrogen and oxygen atoms in total. The summed E-state index contributed by atoms with van der Waals surface area (Å²) in [4.78, 5) is 12.1. The molecule has 1 atom stereocenters. The summed E-state index contributed by atoms with van der Waals surface area (Å²) < 4.78 is 24.9. The molecule has 1 saturated heterocycles. The van der Waals surface area contributed by atoms with Gasteiger partial charge in [0, 0.05) is 19.0 Å². The molecule has 1 fully saturated rings. The van der Waals surface area contributed by atoms with Gasteiger partial charge < -0.3 is 9.69 Å². The van der Waals surface area contributed by atoms with Gasteiger partial charge in [0.15, 0.2) is 0 Å². The van der Waals surface area contributed by atoms with Crippen molar-refractivity contribution in [2.45, 2.75) is 66.2 Å². The minimum atomic E-state index is -0.519. The lowest BCUT2D eigenvalue weighted by Crippen LogP contribution is -2.12. The Morgan fingerprint density at radius 2 is 1.88 bits per heavy atom. The number of likely N-dealkylation sites (tertiary alicyclic amines) is 1. The number of hydrogen-bond acceptors (Lipinski definition) is 3. The van der Waals surface area contributed by atoms with Crippen molar-refractivity contribution >= 4 is 17.9 Å². The van der Waals surface area contributed by atoms with Crippen LogP contribution in [0.15, 0.2) is 36.4 Å². The molecule has 0 bridgehead atoms.